The van der Waals surface area contributed by atoms with E-state index in [1.165, 1.54) is 0 Å². The van der Waals surface area contributed by atoms with E-state index in [-0.39, 0.29) is 24.2 Å². The molecule has 6 heteroatoms. The van der Waals surface area contributed by atoms with E-state index in [4.69, 9.17) is 4.52 Å². The maximum absolute atomic E-state index is 12.0. The van der Waals surface area contributed by atoms with E-state index in [1.807, 2.05) is 0 Å². The van der Waals surface area contributed by atoms with Gasteiger partial charge in [-0.2, -0.15) is 4.98 Å². The van der Waals surface area contributed by atoms with Crippen molar-refractivity contribution in [3.8, 4) is 0 Å². The number of aryl methyl sites for hydroxylation is 1. The molecule has 2 aromatic rings. The van der Waals surface area contributed by atoms with Crippen LogP contribution in [0.25, 0.3) is 0 Å². The fraction of sp³-hybridized carbons (Fsp3) is 0.167. The fourth-order valence-electron chi connectivity index (χ4n) is 1.92. The van der Waals surface area contributed by atoms with Gasteiger partial charge in [-0.3, -0.25) is 14.5 Å². The molecule has 0 aliphatic carbocycles. The Morgan fingerprint density at radius 2 is 1.78 bits per heavy atom. The summed E-state index contributed by atoms with van der Waals surface area (Å²) in [6.07, 6.45) is 0. The monoisotopic (exact) mass is 243 g/mol. The summed E-state index contributed by atoms with van der Waals surface area (Å²) in [5, 5.41) is 3.62. The van der Waals surface area contributed by atoms with Crippen LogP contribution in [0.4, 0.5) is 0 Å². The quantitative estimate of drug-likeness (QED) is 0.740. The van der Waals surface area contributed by atoms with E-state index in [9.17, 15) is 9.59 Å². The first kappa shape index (κ1) is 10.6. The van der Waals surface area contributed by atoms with Crippen molar-refractivity contribution in [1.82, 2.24) is 15.0 Å². The molecule has 0 unspecified atom stereocenters. The molecule has 1 aromatic heterocycles. The van der Waals surface area contributed by atoms with Crippen LogP contribution in [0.5, 0.6) is 0 Å². The van der Waals surface area contributed by atoms with Crippen LogP contribution in [0.2, 0.25) is 0 Å². The van der Waals surface area contributed by atoms with Crippen molar-refractivity contribution in [3.63, 3.8) is 0 Å². The van der Waals surface area contributed by atoms with Gasteiger partial charge in [0.05, 0.1) is 11.1 Å². The Morgan fingerprint density at radius 1 is 1.17 bits per heavy atom. The lowest BCUT2D eigenvalue weighted by Gasteiger charge is -2.09. The lowest BCUT2D eigenvalue weighted by Crippen LogP contribution is -2.29. The topological polar surface area (TPSA) is 76.3 Å². The van der Waals surface area contributed by atoms with E-state index >= 15 is 0 Å². The Labute approximate surface area is 102 Å². The first-order chi connectivity index (χ1) is 8.66. The van der Waals surface area contributed by atoms with E-state index < -0.39 is 0 Å². The summed E-state index contributed by atoms with van der Waals surface area (Å²) >= 11 is 0. The lowest BCUT2D eigenvalue weighted by atomic mass is 10.1. The second-order valence-electron chi connectivity index (χ2n) is 3.98. The van der Waals surface area contributed by atoms with Crippen molar-refractivity contribution in [1.29, 1.82) is 0 Å². The number of hydrogen-bond acceptors (Lipinski definition) is 5. The highest BCUT2D eigenvalue weighted by Gasteiger charge is 2.35. The van der Waals surface area contributed by atoms with Gasteiger partial charge in [0.15, 0.2) is 5.82 Å². The lowest BCUT2D eigenvalue weighted by molar-refractivity contribution is 0.0625. The largest absolute Gasteiger partial charge is 0.337 e. The molecule has 2 heterocycles. The van der Waals surface area contributed by atoms with Crippen molar-refractivity contribution in [2.75, 3.05) is 0 Å². The number of rotatable bonds is 2. The molecule has 0 saturated heterocycles. The van der Waals surface area contributed by atoms with Crippen molar-refractivity contribution < 1.29 is 14.1 Å². The maximum atomic E-state index is 12.0. The summed E-state index contributed by atoms with van der Waals surface area (Å²) in [6, 6.07) is 6.72. The normalized spacial score (nSPS) is 14.2. The zero-order valence-corrected chi connectivity index (χ0v) is 9.58. The van der Waals surface area contributed by atoms with Gasteiger partial charge in [-0.15, -0.1) is 0 Å². The molecule has 1 aliphatic rings. The number of hydrogen-bond donors (Lipinski definition) is 0. The van der Waals surface area contributed by atoms with E-state index in [0.717, 1.165) is 4.90 Å². The van der Waals surface area contributed by atoms with Gasteiger partial charge in [-0.25, -0.2) is 0 Å². The first-order valence-corrected chi connectivity index (χ1v) is 5.41. The van der Waals surface area contributed by atoms with Gasteiger partial charge in [0.25, 0.3) is 11.8 Å². The number of amides is 2. The zero-order chi connectivity index (χ0) is 12.7. The summed E-state index contributed by atoms with van der Waals surface area (Å²) in [7, 11) is 0. The van der Waals surface area contributed by atoms with Crippen LogP contribution >= 0.6 is 0 Å². The van der Waals surface area contributed by atoms with Gasteiger partial charge in [0.1, 0.15) is 6.54 Å². The predicted octanol–water partition coefficient (Wildman–Crippen LogP) is 1.17. The van der Waals surface area contributed by atoms with Crippen LogP contribution in [-0.2, 0) is 6.54 Å². The first-order valence-electron chi connectivity index (χ1n) is 5.41. The molecule has 2 amide bonds. The number of fused-ring (bicyclic) bond motifs is 1. The second-order valence-corrected chi connectivity index (χ2v) is 3.98. The summed E-state index contributed by atoms with van der Waals surface area (Å²) in [6.45, 7) is 1.68. The third-order valence-corrected chi connectivity index (χ3v) is 2.74. The number of carbonyl (C=O) groups excluding carboxylic acids is 2. The van der Waals surface area contributed by atoms with Gasteiger partial charge in [0, 0.05) is 0 Å². The van der Waals surface area contributed by atoms with Gasteiger partial charge in [-0.05, 0) is 19.1 Å². The molecule has 0 saturated carbocycles. The van der Waals surface area contributed by atoms with Gasteiger partial charge >= 0.3 is 0 Å². The SMILES string of the molecule is Cc1noc(CN2C(=O)c3ccccc3C2=O)n1. The van der Waals surface area contributed by atoms with E-state index in [2.05, 4.69) is 10.1 Å². The smallest absolute Gasteiger partial charge is 0.262 e. The molecule has 1 aliphatic heterocycles. The second kappa shape index (κ2) is 3.76. The number of benzene rings is 1. The van der Waals surface area contributed by atoms with E-state index in [0.29, 0.717) is 17.0 Å². The van der Waals surface area contributed by atoms with Crippen LogP contribution in [0.1, 0.15) is 32.4 Å². The molecule has 6 nitrogen and oxygen atoms in total. The minimum atomic E-state index is -0.327. The Bertz CT molecular complexity index is 613. The summed E-state index contributed by atoms with van der Waals surface area (Å²) in [5.41, 5.74) is 0.831. The highest BCUT2D eigenvalue weighted by molar-refractivity contribution is 6.21. The minimum absolute atomic E-state index is 0.00713. The summed E-state index contributed by atoms with van der Waals surface area (Å²) in [5.74, 6) is 0.0709. The Hall–Kier alpha value is -2.50. The third-order valence-electron chi connectivity index (χ3n) is 2.74. The minimum Gasteiger partial charge on any atom is -0.337 e. The molecule has 18 heavy (non-hydrogen) atoms. The zero-order valence-electron chi connectivity index (χ0n) is 9.58. The van der Waals surface area contributed by atoms with Crippen LogP contribution in [0.15, 0.2) is 28.8 Å². The van der Waals surface area contributed by atoms with Crippen LogP contribution in [0.3, 0.4) is 0 Å². The number of aromatic nitrogens is 2. The molecule has 1 aromatic carbocycles. The van der Waals surface area contributed by atoms with E-state index in [1.54, 1.807) is 31.2 Å². The molecule has 0 bridgehead atoms. The molecular formula is C12H9N3O3. The van der Waals surface area contributed by atoms with Gasteiger partial charge < -0.3 is 4.52 Å². The molecule has 0 N–H and O–H groups in total. The molecule has 0 fully saturated rings. The Balaban J connectivity index is 1.92. The molecule has 90 valence electrons. The average Bonchev–Trinajstić information content (AvgIpc) is 2.88. The standard InChI is InChI=1S/C12H9N3O3/c1-7-13-10(18-14-7)6-15-11(16)8-4-2-3-5-9(8)12(15)17/h2-5H,6H2,1H3. The molecule has 0 spiro atoms. The van der Waals surface area contributed by atoms with Crippen molar-refractivity contribution in [3.05, 3.63) is 47.1 Å². The van der Waals surface area contributed by atoms with Gasteiger partial charge in [0.2, 0.25) is 5.89 Å². The highest BCUT2D eigenvalue weighted by Crippen LogP contribution is 2.23. The molecule has 3 rings (SSSR count). The Kier molecular flexibility index (Phi) is 2.22. The fourth-order valence-corrected chi connectivity index (χ4v) is 1.92. The summed E-state index contributed by atoms with van der Waals surface area (Å²) < 4.78 is 4.91. The van der Waals surface area contributed by atoms with Crippen LogP contribution in [0, 0.1) is 6.92 Å². The molecule has 0 atom stereocenters. The van der Waals surface area contributed by atoms with Crippen LogP contribution in [-0.4, -0.2) is 26.9 Å². The summed E-state index contributed by atoms with van der Waals surface area (Å²) in [4.78, 5) is 29.2. The third kappa shape index (κ3) is 1.50. The Morgan fingerprint density at radius 3 is 2.28 bits per heavy atom. The number of carbonyl (C=O) groups is 2. The van der Waals surface area contributed by atoms with Crippen molar-refractivity contribution >= 4 is 11.8 Å². The highest BCUT2D eigenvalue weighted by atomic mass is 16.5. The van der Waals surface area contributed by atoms with Crippen molar-refractivity contribution in [2.45, 2.75) is 13.5 Å². The predicted molar refractivity (Wildman–Crippen MR) is 59.7 cm³/mol. The number of imide groups is 1. The van der Waals surface area contributed by atoms with Gasteiger partial charge in [-0.1, -0.05) is 17.3 Å². The maximum Gasteiger partial charge on any atom is 0.262 e. The molecular weight excluding hydrogens is 234 g/mol. The number of nitrogens with zero attached hydrogens (tertiary/aromatic N) is 3. The van der Waals surface area contributed by atoms with Crippen LogP contribution < -0.4 is 0 Å². The average molecular weight is 243 g/mol. The molecule has 0 radical (unpaired) electrons. The van der Waals surface area contributed by atoms with Crippen molar-refractivity contribution in [2.24, 2.45) is 0 Å².